The van der Waals surface area contributed by atoms with Crippen molar-refractivity contribution in [3.8, 4) is 5.75 Å². The molecular formula is C20H21ClO4. The number of carbonyl (C=O) groups is 2. The molecule has 2 aromatic rings. The average molecular weight is 361 g/mol. The van der Waals surface area contributed by atoms with Gasteiger partial charge in [-0.05, 0) is 64.1 Å². The Morgan fingerprint density at radius 2 is 1.64 bits per heavy atom. The van der Waals surface area contributed by atoms with E-state index in [1.165, 1.54) is 0 Å². The quantitative estimate of drug-likeness (QED) is 0.554. The number of halogens is 1. The monoisotopic (exact) mass is 360 g/mol. The van der Waals surface area contributed by atoms with Crippen LogP contribution in [-0.4, -0.2) is 23.5 Å². The highest BCUT2D eigenvalue weighted by atomic mass is 35.5. The molecule has 0 aliphatic heterocycles. The number of esters is 1. The van der Waals surface area contributed by atoms with Crippen molar-refractivity contribution in [1.82, 2.24) is 0 Å². The molecule has 0 radical (unpaired) electrons. The van der Waals surface area contributed by atoms with Crippen LogP contribution in [-0.2, 0) is 9.53 Å². The van der Waals surface area contributed by atoms with Crippen LogP contribution in [0.4, 0.5) is 0 Å². The first kappa shape index (κ1) is 19.0. The van der Waals surface area contributed by atoms with Crippen molar-refractivity contribution in [3.05, 3.63) is 64.7 Å². The van der Waals surface area contributed by atoms with E-state index in [0.717, 1.165) is 0 Å². The highest BCUT2D eigenvalue weighted by Crippen LogP contribution is 2.22. The van der Waals surface area contributed by atoms with Gasteiger partial charge < -0.3 is 9.47 Å². The molecule has 0 aliphatic rings. The van der Waals surface area contributed by atoms with E-state index in [1.807, 2.05) is 0 Å². The second-order valence-corrected chi connectivity index (χ2v) is 6.87. The molecule has 25 heavy (non-hydrogen) atoms. The summed E-state index contributed by atoms with van der Waals surface area (Å²) in [6, 6.07) is 13.4. The van der Waals surface area contributed by atoms with Gasteiger partial charge in [-0.25, -0.2) is 4.79 Å². The Balaban J connectivity index is 2.12. The van der Waals surface area contributed by atoms with Crippen molar-refractivity contribution in [2.75, 3.05) is 0 Å². The van der Waals surface area contributed by atoms with Gasteiger partial charge in [0.2, 0.25) is 0 Å². The molecule has 2 rings (SSSR count). The zero-order valence-corrected chi connectivity index (χ0v) is 15.5. The fourth-order valence-corrected chi connectivity index (χ4v) is 2.35. The number of ether oxygens (including phenoxy) is 2. The summed E-state index contributed by atoms with van der Waals surface area (Å²) >= 11 is 5.92. The number of benzene rings is 2. The Hall–Kier alpha value is -2.33. The second-order valence-electron chi connectivity index (χ2n) is 6.43. The lowest BCUT2D eigenvalue weighted by atomic mass is 10.0. The van der Waals surface area contributed by atoms with Crippen LogP contribution in [0.15, 0.2) is 48.5 Å². The van der Waals surface area contributed by atoms with Crippen LogP contribution in [0.3, 0.4) is 0 Å². The highest BCUT2D eigenvalue weighted by Gasteiger charge is 2.32. The van der Waals surface area contributed by atoms with E-state index in [-0.39, 0.29) is 11.9 Å². The summed E-state index contributed by atoms with van der Waals surface area (Å²) in [5.74, 6) is -0.0949. The normalized spacial score (nSPS) is 11.3. The van der Waals surface area contributed by atoms with Crippen molar-refractivity contribution in [1.29, 1.82) is 0 Å². The van der Waals surface area contributed by atoms with Crippen molar-refractivity contribution >= 4 is 23.4 Å². The average Bonchev–Trinajstić information content (AvgIpc) is 2.54. The molecule has 0 saturated heterocycles. The van der Waals surface area contributed by atoms with E-state index in [0.29, 0.717) is 21.9 Å². The molecular weight excluding hydrogens is 340 g/mol. The Morgan fingerprint density at radius 3 is 2.20 bits per heavy atom. The van der Waals surface area contributed by atoms with E-state index in [9.17, 15) is 9.59 Å². The smallest absolute Gasteiger partial charge is 0.350 e. The maximum Gasteiger partial charge on any atom is 0.350 e. The number of rotatable bonds is 6. The van der Waals surface area contributed by atoms with Gasteiger partial charge in [0, 0.05) is 16.1 Å². The molecule has 5 heteroatoms. The zero-order chi connectivity index (χ0) is 18.6. The molecule has 0 spiro atoms. The number of ketones is 1. The lowest BCUT2D eigenvalue weighted by molar-refractivity contribution is -0.163. The van der Waals surface area contributed by atoms with Crippen LogP contribution in [0.5, 0.6) is 5.75 Å². The van der Waals surface area contributed by atoms with Gasteiger partial charge in [0.05, 0.1) is 6.10 Å². The van der Waals surface area contributed by atoms with Crippen LogP contribution < -0.4 is 4.74 Å². The first-order chi connectivity index (χ1) is 11.7. The molecule has 132 valence electrons. The van der Waals surface area contributed by atoms with Crippen LogP contribution in [0, 0.1) is 0 Å². The molecule has 0 heterocycles. The number of hydrogen-bond acceptors (Lipinski definition) is 4. The van der Waals surface area contributed by atoms with E-state index in [1.54, 1.807) is 76.2 Å². The first-order valence-electron chi connectivity index (χ1n) is 7.99. The zero-order valence-electron chi connectivity index (χ0n) is 14.7. The number of hydrogen-bond donors (Lipinski definition) is 0. The van der Waals surface area contributed by atoms with E-state index < -0.39 is 11.6 Å². The largest absolute Gasteiger partial charge is 0.476 e. The lowest BCUT2D eigenvalue weighted by Gasteiger charge is -2.25. The minimum Gasteiger partial charge on any atom is -0.476 e. The SMILES string of the molecule is CC(C)OC(=O)C(C)(C)Oc1ccc(C(=O)c2cccc(Cl)c2)cc1. The number of carbonyl (C=O) groups excluding carboxylic acids is 2. The van der Waals surface area contributed by atoms with Gasteiger partial charge in [0.15, 0.2) is 11.4 Å². The van der Waals surface area contributed by atoms with Gasteiger partial charge in [0.25, 0.3) is 0 Å². The predicted octanol–water partition coefficient (Wildman–Crippen LogP) is 4.68. The Bertz CT molecular complexity index is 764. The van der Waals surface area contributed by atoms with Gasteiger partial charge in [0.1, 0.15) is 5.75 Å². The Morgan fingerprint density at radius 1 is 1.00 bits per heavy atom. The third kappa shape index (κ3) is 5.07. The predicted molar refractivity (Wildman–Crippen MR) is 97.3 cm³/mol. The van der Waals surface area contributed by atoms with E-state index in [2.05, 4.69) is 0 Å². The molecule has 0 bridgehead atoms. The molecule has 0 N–H and O–H groups in total. The highest BCUT2D eigenvalue weighted by molar-refractivity contribution is 6.31. The van der Waals surface area contributed by atoms with Crippen molar-refractivity contribution in [2.45, 2.75) is 39.4 Å². The Kier molecular flexibility index (Phi) is 5.85. The van der Waals surface area contributed by atoms with Gasteiger partial charge in [-0.2, -0.15) is 0 Å². The van der Waals surface area contributed by atoms with Gasteiger partial charge >= 0.3 is 5.97 Å². The Labute approximate surface area is 152 Å². The summed E-state index contributed by atoms with van der Waals surface area (Å²) in [6.45, 7) is 6.85. The minimum absolute atomic E-state index is 0.132. The summed E-state index contributed by atoms with van der Waals surface area (Å²) in [4.78, 5) is 24.5. The maximum absolute atomic E-state index is 12.5. The van der Waals surface area contributed by atoms with Crippen LogP contribution in [0.25, 0.3) is 0 Å². The van der Waals surface area contributed by atoms with E-state index in [4.69, 9.17) is 21.1 Å². The van der Waals surface area contributed by atoms with Gasteiger partial charge in [-0.3, -0.25) is 4.79 Å². The van der Waals surface area contributed by atoms with Crippen molar-refractivity contribution < 1.29 is 19.1 Å². The minimum atomic E-state index is -1.12. The van der Waals surface area contributed by atoms with Crippen LogP contribution >= 0.6 is 11.6 Å². The summed E-state index contributed by atoms with van der Waals surface area (Å²) < 4.78 is 10.9. The van der Waals surface area contributed by atoms with Crippen LogP contribution in [0.2, 0.25) is 5.02 Å². The molecule has 0 aliphatic carbocycles. The first-order valence-corrected chi connectivity index (χ1v) is 8.37. The molecule has 0 saturated carbocycles. The molecule has 0 fully saturated rings. The van der Waals surface area contributed by atoms with E-state index >= 15 is 0 Å². The lowest BCUT2D eigenvalue weighted by Crippen LogP contribution is -2.40. The van der Waals surface area contributed by atoms with Crippen LogP contribution in [0.1, 0.15) is 43.6 Å². The third-order valence-electron chi connectivity index (χ3n) is 3.41. The fraction of sp³-hybridized carbons (Fsp3) is 0.300. The fourth-order valence-electron chi connectivity index (χ4n) is 2.16. The van der Waals surface area contributed by atoms with Crippen molar-refractivity contribution in [3.63, 3.8) is 0 Å². The second kappa shape index (κ2) is 7.70. The third-order valence-corrected chi connectivity index (χ3v) is 3.65. The summed E-state index contributed by atoms with van der Waals surface area (Å²) in [5.41, 5.74) is -0.0952. The molecule has 0 atom stereocenters. The molecule has 0 unspecified atom stereocenters. The molecule has 0 amide bonds. The summed E-state index contributed by atoms with van der Waals surface area (Å²) in [6.07, 6.45) is -0.215. The maximum atomic E-state index is 12.5. The van der Waals surface area contributed by atoms with Gasteiger partial charge in [-0.15, -0.1) is 0 Å². The summed E-state index contributed by atoms with van der Waals surface area (Å²) in [5, 5.41) is 0.510. The topological polar surface area (TPSA) is 52.6 Å². The molecule has 0 aromatic heterocycles. The summed E-state index contributed by atoms with van der Waals surface area (Å²) in [7, 11) is 0. The van der Waals surface area contributed by atoms with Crippen molar-refractivity contribution in [2.24, 2.45) is 0 Å². The standard InChI is InChI=1S/C20H21ClO4/c1-13(2)24-19(23)20(3,4)25-17-10-8-14(9-11-17)18(22)15-6-5-7-16(21)12-15/h5-13H,1-4H3. The van der Waals surface area contributed by atoms with Gasteiger partial charge in [-0.1, -0.05) is 23.7 Å². The molecule has 4 nitrogen and oxygen atoms in total. The molecule has 2 aromatic carbocycles.